The molecule has 2 N–H and O–H groups in total. The zero-order valence-corrected chi connectivity index (χ0v) is 21.0. The van der Waals surface area contributed by atoms with Gasteiger partial charge in [-0.1, -0.05) is 32.0 Å². The molecule has 2 aromatic heterocycles. The molecule has 9 nitrogen and oxygen atoms in total. The number of benzene rings is 1. The average Bonchev–Trinajstić information content (AvgIpc) is 2.86. The molecule has 0 bridgehead atoms. The van der Waals surface area contributed by atoms with Gasteiger partial charge in [-0.25, -0.2) is 9.97 Å². The Bertz CT molecular complexity index is 1430. The number of anilines is 1. The van der Waals surface area contributed by atoms with Gasteiger partial charge in [0.15, 0.2) is 5.17 Å². The predicted octanol–water partition coefficient (Wildman–Crippen LogP) is 4.73. The lowest BCUT2D eigenvalue weighted by molar-refractivity contribution is -0.126. The van der Waals surface area contributed by atoms with E-state index in [9.17, 15) is 9.59 Å². The largest absolute Gasteiger partial charge is 0.420 e. The molecule has 0 saturated heterocycles. The van der Waals surface area contributed by atoms with E-state index in [-0.39, 0.29) is 22.9 Å². The molecule has 0 saturated carbocycles. The van der Waals surface area contributed by atoms with Gasteiger partial charge in [-0.2, -0.15) is 0 Å². The number of amides is 2. The molecule has 5 rings (SSSR count). The van der Waals surface area contributed by atoms with E-state index in [2.05, 4.69) is 4.98 Å². The Balaban J connectivity index is 1.59. The summed E-state index contributed by atoms with van der Waals surface area (Å²) >= 11 is 0.861. The summed E-state index contributed by atoms with van der Waals surface area (Å²) in [4.78, 5) is 37.9. The fraction of sp³-hybridized carbons (Fsp3) is 0.231. The van der Waals surface area contributed by atoms with Crippen molar-refractivity contribution in [2.75, 3.05) is 19.0 Å². The molecule has 0 fully saturated rings. The number of carbonyl (C=O) groups excluding carboxylic acids is 2. The molecular weight excluding hydrogens is 476 g/mol. The smallest absolute Gasteiger partial charge is 0.253 e. The van der Waals surface area contributed by atoms with E-state index in [4.69, 9.17) is 20.5 Å². The lowest BCUT2D eigenvalue weighted by Crippen LogP contribution is -2.51. The minimum Gasteiger partial charge on any atom is -0.420 e. The number of nitrogens with zero attached hydrogens (tertiary/aromatic N) is 4. The van der Waals surface area contributed by atoms with Gasteiger partial charge in [0.2, 0.25) is 17.7 Å². The number of hydrogen-bond donors (Lipinski definition) is 2. The van der Waals surface area contributed by atoms with E-state index >= 15 is 0 Å². The Kier molecular flexibility index (Phi) is 5.63. The summed E-state index contributed by atoms with van der Waals surface area (Å²) in [5, 5.41) is 15.7. The van der Waals surface area contributed by atoms with Crippen molar-refractivity contribution >= 4 is 40.0 Å². The van der Waals surface area contributed by atoms with Crippen LogP contribution in [0.2, 0.25) is 0 Å². The summed E-state index contributed by atoms with van der Waals surface area (Å²) < 4.78 is 6.15. The maximum Gasteiger partial charge on any atom is 0.253 e. The molecule has 1 atom stereocenters. The molecule has 0 aliphatic carbocycles. The van der Waals surface area contributed by atoms with Crippen molar-refractivity contribution in [3.8, 4) is 23.0 Å². The fourth-order valence-corrected chi connectivity index (χ4v) is 5.17. The van der Waals surface area contributed by atoms with E-state index in [1.807, 2.05) is 38.1 Å². The standard InChI is InChI=1S/C26H24N6O3S/c1-26(2)20-16-9-10-17(14-5-7-15(8-6-14)23(33)31(3)4)30-21(16)35-22-19(20)18(11-12-29-22)32(24(26)34)25(28)36-13-27/h5-13,20,27-28H,1-4H3. The normalized spacial score (nSPS) is 16.9. The average molecular weight is 501 g/mol. The maximum absolute atomic E-state index is 13.6. The number of fused-ring (bicyclic) bond motifs is 2. The van der Waals surface area contributed by atoms with Crippen LogP contribution in [0.3, 0.4) is 0 Å². The van der Waals surface area contributed by atoms with E-state index < -0.39 is 5.41 Å². The zero-order valence-electron chi connectivity index (χ0n) is 20.2. The number of aromatic nitrogens is 2. The van der Waals surface area contributed by atoms with Crippen molar-refractivity contribution in [3.63, 3.8) is 0 Å². The highest BCUT2D eigenvalue weighted by atomic mass is 32.2. The van der Waals surface area contributed by atoms with Crippen LogP contribution in [0.5, 0.6) is 11.8 Å². The molecule has 10 heteroatoms. The van der Waals surface area contributed by atoms with Crippen LogP contribution in [0.1, 0.15) is 41.3 Å². The Morgan fingerprint density at radius 2 is 1.86 bits per heavy atom. The number of rotatable bonds is 3. The number of ether oxygens (including phenoxy) is 1. The van der Waals surface area contributed by atoms with Gasteiger partial charge in [-0.3, -0.25) is 19.9 Å². The molecule has 2 aliphatic rings. The first-order valence-corrected chi connectivity index (χ1v) is 12.1. The molecule has 2 aliphatic heterocycles. The highest BCUT2D eigenvalue weighted by molar-refractivity contribution is 8.25. The Morgan fingerprint density at radius 1 is 1.14 bits per heavy atom. The summed E-state index contributed by atoms with van der Waals surface area (Å²) in [5.41, 5.74) is 4.22. The third-order valence-corrected chi connectivity index (χ3v) is 7.06. The summed E-state index contributed by atoms with van der Waals surface area (Å²) in [6.07, 6.45) is 1.54. The molecule has 1 unspecified atom stereocenters. The quantitative estimate of drug-likeness (QED) is 0.396. The summed E-state index contributed by atoms with van der Waals surface area (Å²) in [6.45, 7) is 3.69. The molecule has 3 aromatic rings. The monoisotopic (exact) mass is 500 g/mol. The Hall–Kier alpha value is -4.05. The first-order chi connectivity index (χ1) is 17.1. The van der Waals surface area contributed by atoms with Crippen LogP contribution >= 0.6 is 11.8 Å². The fourth-order valence-electron chi connectivity index (χ4n) is 4.78. The minimum absolute atomic E-state index is 0.0506. The lowest BCUT2D eigenvalue weighted by atomic mass is 9.67. The summed E-state index contributed by atoms with van der Waals surface area (Å²) in [6, 6.07) is 12.7. The van der Waals surface area contributed by atoms with Crippen molar-refractivity contribution in [3.05, 3.63) is 65.4 Å². The van der Waals surface area contributed by atoms with E-state index in [0.29, 0.717) is 28.7 Å². The molecule has 0 spiro atoms. The van der Waals surface area contributed by atoms with Crippen molar-refractivity contribution in [2.24, 2.45) is 5.41 Å². The number of nitrogens with one attached hydrogen (secondary N) is 2. The van der Waals surface area contributed by atoms with Gasteiger partial charge in [0.05, 0.1) is 22.3 Å². The number of amidine groups is 1. The van der Waals surface area contributed by atoms with Gasteiger partial charge in [0, 0.05) is 48.5 Å². The molecule has 2 amide bonds. The second-order valence-electron chi connectivity index (χ2n) is 9.35. The van der Waals surface area contributed by atoms with Crippen molar-refractivity contribution < 1.29 is 14.3 Å². The molecule has 1 aromatic carbocycles. The summed E-state index contributed by atoms with van der Waals surface area (Å²) in [5.74, 6) is 0.0333. The third kappa shape index (κ3) is 3.56. The van der Waals surface area contributed by atoms with Crippen LogP contribution < -0.4 is 9.64 Å². The van der Waals surface area contributed by atoms with Gasteiger partial charge >= 0.3 is 0 Å². The van der Waals surface area contributed by atoms with Crippen molar-refractivity contribution in [1.29, 1.82) is 10.8 Å². The van der Waals surface area contributed by atoms with Gasteiger partial charge in [-0.15, -0.1) is 0 Å². The van der Waals surface area contributed by atoms with Crippen molar-refractivity contribution in [2.45, 2.75) is 19.8 Å². The van der Waals surface area contributed by atoms with Crippen LogP contribution in [0.4, 0.5) is 5.69 Å². The second-order valence-corrected chi connectivity index (χ2v) is 10.2. The van der Waals surface area contributed by atoms with Crippen LogP contribution in [0, 0.1) is 16.2 Å². The van der Waals surface area contributed by atoms with Gasteiger partial charge < -0.3 is 15.0 Å². The number of carbonyl (C=O) groups is 2. The van der Waals surface area contributed by atoms with E-state index in [0.717, 1.165) is 34.0 Å². The van der Waals surface area contributed by atoms with Crippen LogP contribution in [0.25, 0.3) is 11.3 Å². The first-order valence-electron chi connectivity index (χ1n) is 11.2. The van der Waals surface area contributed by atoms with Gasteiger partial charge in [-0.05, 0) is 36.0 Å². The second kappa shape index (κ2) is 8.56. The van der Waals surface area contributed by atoms with Crippen LogP contribution in [0.15, 0.2) is 48.7 Å². The van der Waals surface area contributed by atoms with Gasteiger partial charge in [0.25, 0.3) is 5.91 Å². The van der Waals surface area contributed by atoms with Crippen LogP contribution in [-0.2, 0) is 4.79 Å². The molecule has 0 radical (unpaired) electrons. The SMILES string of the molecule is CN(C)C(=O)c1ccc(-c2ccc3c(n2)Oc2nccc4c2C3C(C)(C)C(=O)N4C(=N)SC=N)cc1. The number of hydrogen-bond acceptors (Lipinski definition) is 8. The lowest BCUT2D eigenvalue weighted by Gasteiger charge is -2.45. The zero-order chi connectivity index (χ0) is 25.8. The van der Waals surface area contributed by atoms with Crippen molar-refractivity contribution in [1.82, 2.24) is 14.9 Å². The number of pyridine rings is 2. The van der Waals surface area contributed by atoms with E-state index in [1.54, 1.807) is 38.5 Å². The maximum atomic E-state index is 13.6. The highest BCUT2D eigenvalue weighted by Gasteiger charge is 2.52. The highest BCUT2D eigenvalue weighted by Crippen LogP contribution is 2.57. The molecular formula is C26H24N6O3S. The molecule has 4 heterocycles. The van der Waals surface area contributed by atoms with Gasteiger partial charge in [0.1, 0.15) is 0 Å². The van der Waals surface area contributed by atoms with Crippen LogP contribution in [-0.4, -0.2) is 51.5 Å². The Labute approximate surface area is 212 Å². The minimum atomic E-state index is -0.921. The molecule has 182 valence electrons. The first kappa shape index (κ1) is 23.7. The molecule has 36 heavy (non-hydrogen) atoms. The number of thioether (sulfide) groups is 1. The summed E-state index contributed by atoms with van der Waals surface area (Å²) in [7, 11) is 3.42. The van der Waals surface area contributed by atoms with E-state index in [1.165, 1.54) is 9.80 Å². The third-order valence-electron chi connectivity index (χ3n) is 6.54. The topological polar surface area (TPSA) is 123 Å². The Morgan fingerprint density at radius 3 is 2.53 bits per heavy atom. The predicted molar refractivity (Wildman–Crippen MR) is 139 cm³/mol.